The lowest BCUT2D eigenvalue weighted by Crippen LogP contribution is -2.33. The minimum atomic E-state index is -0.183. The second-order valence-corrected chi connectivity index (χ2v) is 6.41. The Bertz CT molecular complexity index is 805. The van der Waals surface area contributed by atoms with Gasteiger partial charge in [0, 0.05) is 12.4 Å². The molecule has 136 valence electrons. The van der Waals surface area contributed by atoms with Crippen LogP contribution in [0, 0.1) is 5.92 Å². The van der Waals surface area contributed by atoms with Gasteiger partial charge in [0.2, 0.25) is 0 Å². The molecule has 1 unspecified atom stereocenters. The number of furan rings is 1. The third kappa shape index (κ3) is 4.23. The van der Waals surface area contributed by atoms with Crippen LogP contribution in [-0.4, -0.2) is 15.7 Å². The number of carbonyl (C=O) groups is 1. The number of carbonyl (C=O) groups excluding carboxylic acids is 1. The molecule has 1 N–H and O–H groups in total. The highest BCUT2D eigenvalue weighted by Gasteiger charge is 2.24. The van der Waals surface area contributed by atoms with Crippen LogP contribution in [-0.2, 0) is 6.54 Å². The summed E-state index contributed by atoms with van der Waals surface area (Å²) in [6.07, 6.45) is 5.58. The van der Waals surface area contributed by atoms with Crippen LogP contribution in [0.2, 0.25) is 0 Å². The number of benzene rings is 1. The number of hydrogen-bond acceptors (Lipinski definition) is 3. The van der Waals surface area contributed by atoms with Gasteiger partial charge < -0.3 is 9.73 Å². The van der Waals surface area contributed by atoms with Crippen molar-refractivity contribution in [2.24, 2.45) is 5.92 Å². The Hall–Kier alpha value is -2.82. The summed E-state index contributed by atoms with van der Waals surface area (Å²) in [5.41, 5.74) is 1.12. The SMILES string of the molecule is CCC(CC)C(NC(=O)c1ccc(Cn2cccn2)o1)c1ccccc1. The number of hydrogen-bond donors (Lipinski definition) is 1. The van der Waals surface area contributed by atoms with Gasteiger partial charge in [-0.3, -0.25) is 9.48 Å². The van der Waals surface area contributed by atoms with Crippen LogP contribution in [0.3, 0.4) is 0 Å². The Morgan fingerprint density at radius 1 is 1.12 bits per heavy atom. The van der Waals surface area contributed by atoms with Crippen LogP contribution in [0.15, 0.2) is 65.3 Å². The van der Waals surface area contributed by atoms with Crippen molar-refractivity contribution in [3.63, 3.8) is 0 Å². The predicted molar refractivity (Wildman–Crippen MR) is 101 cm³/mol. The Morgan fingerprint density at radius 3 is 2.54 bits per heavy atom. The molecule has 0 fully saturated rings. The van der Waals surface area contributed by atoms with E-state index in [1.165, 1.54) is 0 Å². The summed E-state index contributed by atoms with van der Waals surface area (Å²) in [6, 6.07) is 15.5. The molecule has 1 atom stereocenters. The van der Waals surface area contributed by atoms with Crippen molar-refractivity contribution in [2.75, 3.05) is 0 Å². The van der Waals surface area contributed by atoms with E-state index in [-0.39, 0.29) is 11.9 Å². The number of amides is 1. The fraction of sp³-hybridized carbons (Fsp3) is 0.333. The van der Waals surface area contributed by atoms with Gasteiger partial charge in [-0.2, -0.15) is 5.10 Å². The smallest absolute Gasteiger partial charge is 0.287 e. The van der Waals surface area contributed by atoms with Crippen LogP contribution < -0.4 is 5.32 Å². The minimum absolute atomic E-state index is 0.0293. The van der Waals surface area contributed by atoms with Crippen molar-refractivity contribution in [2.45, 2.75) is 39.3 Å². The lowest BCUT2D eigenvalue weighted by molar-refractivity contribution is 0.0889. The Kier molecular flexibility index (Phi) is 5.89. The summed E-state index contributed by atoms with van der Waals surface area (Å²) in [6.45, 7) is 4.83. The molecule has 3 rings (SSSR count). The van der Waals surface area contributed by atoms with Crippen molar-refractivity contribution >= 4 is 5.91 Å². The maximum absolute atomic E-state index is 12.8. The third-order valence-corrected chi connectivity index (χ3v) is 4.73. The second kappa shape index (κ2) is 8.52. The highest BCUT2D eigenvalue weighted by atomic mass is 16.4. The van der Waals surface area contributed by atoms with E-state index >= 15 is 0 Å². The quantitative estimate of drug-likeness (QED) is 0.653. The second-order valence-electron chi connectivity index (χ2n) is 6.41. The molecule has 1 amide bonds. The van der Waals surface area contributed by atoms with Gasteiger partial charge >= 0.3 is 0 Å². The zero-order chi connectivity index (χ0) is 18.4. The first kappa shape index (κ1) is 18.0. The molecule has 0 aliphatic carbocycles. The maximum atomic E-state index is 12.8. The fourth-order valence-electron chi connectivity index (χ4n) is 3.24. The molecule has 5 nitrogen and oxygen atoms in total. The standard InChI is InChI=1S/C21H25N3O2/c1-3-16(4-2)20(17-9-6-5-7-10-17)23-21(25)19-12-11-18(26-19)15-24-14-8-13-22-24/h5-14,16,20H,3-4,15H2,1-2H3,(H,23,25). The fourth-order valence-corrected chi connectivity index (χ4v) is 3.24. The molecule has 0 bridgehead atoms. The molecule has 0 saturated heterocycles. The highest BCUT2D eigenvalue weighted by Crippen LogP contribution is 2.27. The highest BCUT2D eigenvalue weighted by molar-refractivity contribution is 5.91. The van der Waals surface area contributed by atoms with Gasteiger partial charge in [-0.25, -0.2) is 0 Å². The molecular formula is C21H25N3O2. The molecule has 26 heavy (non-hydrogen) atoms. The van der Waals surface area contributed by atoms with Crippen LogP contribution in [0.5, 0.6) is 0 Å². The summed E-state index contributed by atoms with van der Waals surface area (Å²) in [4.78, 5) is 12.8. The summed E-state index contributed by atoms with van der Waals surface area (Å²) < 4.78 is 7.49. The van der Waals surface area contributed by atoms with Gasteiger partial charge in [-0.15, -0.1) is 0 Å². The van der Waals surface area contributed by atoms with Gasteiger partial charge in [-0.05, 0) is 29.7 Å². The Morgan fingerprint density at radius 2 is 1.88 bits per heavy atom. The van der Waals surface area contributed by atoms with E-state index in [2.05, 4.69) is 36.4 Å². The minimum Gasteiger partial charge on any atom is -0.454 e. The molecular weight excluding hydrogens is 326 g/mol. The molecule has 0 spiro atoms. The first-order valence-electron chi connectivity index (χ1n) is 9.13. The zero-order valence-electron chi connectivity index (χ0n) is 15.3. The summed E-state index contributed by atoms with van der Waals surface area (Å²) >= 11 is 0. The first-order chi connectivity index (χ1) is 12.7. The topological polar surface area (TPSA) is 60.1 Å². The third-order valence-electron chi connectivity index (χ3n) is 4.73. The average molecular weight is 351 g/mol. The molecule has 0 radical (unpaired) electrons. The van der Waals surface area contributed by atoms with Crippen LogP contribution >= 0.6 is 0 Å². The lowest BCUT2D eigenvalue weighted by Gasteiger charge is -2.26. The van der Waals surface area contributed by atoms with Crippen LogP contribution in [0.1, 0.15) is 54.6 Å². The zero-order valence-corrected chi connectivity index (χ0v) is 15.3. The first-order valence-corrected chi connectivity index (χ1v) is 9.13. The molecule has 5 heteroatoms. The number of rotatable bonds is 8. The summed E-state index contributed by atoms with van der Waals surface area (Å²) in [7, 11) is 0. The van der Waals surface area contributed by atoms with Crippen LogP contribution in [0.25, 0.3) is 0 Å². The van der Waals surface area contributed by atoms with Gasteiger partial charge in [0.25, 0.3) is 5.91 Å². The van der Waals surface area contributed by atoms with Crippen molar-refractivity contribution in [1.82, 2.24) is 15.1 Å². The van der Waals surface area contributed by atoms with E-state index < -0.39 is 0 Å². The van der Waals surface area contributed by atoms with Crippen molar-refractivity contribution in [3.05, 3.63) is 78.0 Å². The van der Waals surface area contributed by atoms with Crippen molar-refractivity contribution in [1.29, 1.82) is 0 Å². The van der Waals surface area contributed by atoms with Crippen LogP contribution in [0.4, 0.5) is 0 Å². The molecule has 0 aliphatic rings. The van der Waals surface area contributed by atoms with Gasteiger partial charge in [0.05, 0.1) is 12.6 Å². The predicted octanol–water partition coefficient (Wildman–Crippen LogP) is 4.43. The largest absolute Gasteiger partial charge is 0.454 e. The lowest BCUT2D eigenvalue weighted by atomic mass is 9.88. The monoisotopic (exact) mass is 351 g/mol. The Labute approximate surface area is 154 Å². The number of aromatic nitrogens is 2. The van der Waals surface area contributed by atoms with E-state index in [9.17, 15) is 4.79 Å². The van der Waals surface area contributed by atoms with E-state index in [0.29, 0.717) is 24.0 Å². The molecule has 0 saturated carbocycles. The Balaban J connectivity index is 1.74. The number of nitrogens with one attached hydrogen (secondary N) is 1. The van der Waals surface area contributed by atoms with E-state index in [0.717, 1.165) is 18.4 Å². The van der Waals surface area contributed by atoms with Gasteiger partial charge in [0.15, 0.2) is 5.76 Å². The van der Waals surface area contributed by atoms with Crippen molar-refractivity contribution in [3.8, 4) is 0 Å². The average Bonchev–Trinajstić information content (AvgIpc) is 3.35. The maximum Gasteiger partial charge on any atom is 0.287 e. The van der Waals surface area contributed by atoms with Gasteiger partial charge in [0.1, 0.15) is 5.76 Å². The van der Waals surface area contributed by atoms with Gasteiger partial charge in [-0.1, -0.05) is 57.0 Å². The summed E-state index contributed by atoms with van der Waals surface area (Å²) in [5.74, 6) is 1.23. The molecule has 3 aromatic rings. The summed E-state index contributed by atoms with van der Waals surface area (Å²) in [5, 5.41) is 7.32. The molecule has 2 heterocycles. The van der Waals surface area contributed by atoms with Crippen molar-refractivity contribution < 1.29 is 9.21 Å². The van der Waals surface area contributed by atoms with E-state index in [1.807, 2.05) is 36.5 Å². The van der Waals surface area contributed by atoms with E-state index in [4.69, 9.17) is 4.42 Å². The number of nitrogens with zero attached hydrogens (tertiary/aromatic N) is 2. The molecule has 2 aromatic heterocycles. The van der Waals surface area contributed by atoms with E-state index in [1.54, 1.807) is 16.9 Å². The molecule has 0 aliphatic heterocycles. The molecule has 1 aromatic carbocycles. The normalized spacial score (nSPS) is 12.3.